The highest BCUT2D eigenvalue weighted by molar-refractivity contribution is 7.07. The summed E-state index contributed by atoms with van der Waals surface area (Å²) in [5.74, 6) is 0.203. The van der Waals surface area contributed by atoms with Crippen molar-refractivity contribution < 1.29 is 4.79 Å². The quantitative estimate of drug-likeness (QED) is 0.762. The van der Waals surface area contributed by atoms with Crippen LogP contribution in [0, 0.1) is 13.8 Å². The number of carbonyl (C=O) groups is 1. The maximum Gasteiger partial charge on any atom is 0.254 e. The van der Waals surface area contributed by atoms with Gasteiger partial charge in [-0.1, -0.05) is 6.07 Å². The zero-order valence-electron chi connectivity index (χ0n) is 14.8. The standard InChI is InChI=1S/C20H26N2OS/c1-15-11-18-13-22(20(23)19(18)12-16(15)2)8-4-7-21(3)9-5-17-6-10-24-14-17/h6,10-12,14H,4-5,7-9,13H2,1-3H3. The third-order valence-electron chi connectivity index (χ3n) is 4.93. The summed E-state index contributed by atoms with van der Waals surface area (Å²) in [4.78, 5) is 16.9. The number of hydrogen-bond acceptors (Lipinski definition) is 3. The Kier molecular flexibility index (Phi) is 5.36. The predicted octanol–water partition coefficient (Wildman–Crippen LogP) is 3.89. The van der Waals surface area contributed by atoms with Crippen LogP contribution in [0.15, 0.2) is 29.0 Å². The fourth-order valence-electron chi connectivity index (χ4n) is 3.23. The van der Waals surface area contributed by atoms with Crippen molar-refractivity contribution in [3.05, 3.63) is 56.8 Å². The zero-order chi connectivity index (χ0) is 17.1. The molecule has 1 aliphatic rings. The van der Waals surface area contributed by atoms with E-state index in [4.69, 9.17) is 0 Å². The number of likely N-dealkylation sites (N-methyl/N-ethyl adjacent to an activating group) is 1. The van der Waals surface area contributed by atoms with Gasteiger partial charge in [0.1, 0.15) is 0 Å². The number of aryl methyl sites for hydroxylation is 2. The molecule has 0 N–H and O–H groups in total. The molecule has 1 aromatic heterocycles. The molecule has 1 amide bonds. The van der Waals surface area contributed by atoms with Crippen LogP contribution in [0.3, 0.4) is 0 Å². The highest BCUT2D eigenvalue weighted by Gasteiger charge is 2.27. The van der Waals surface area contributed by atoms with E-state index < -0.39 is 0 Å². The van der Waals surface area contributed by atoms with Crippen molar-refractivity contribution in [1.82, 2.24) is 9.80 Å². The van der Waals surface area contributed by atoms with Gasteiger partial charge in [0.25, 0.3) is 5.91 Å². The Bertz CT molecular complexity index is 709. The minimum Gasteiger partial charge on any atom is -0.334 e. The van der Waals surface area contributed by atoms with Gasteiger partial charge < -0.3 is 9.80 Å². The van der Waals surface area contributed by atoms with E-state index in [0.717, 1.165) is 44.6 Å². The Hall–Kier alpha value is -1.65. The number of fused-ring (bicyclic) bond motifs is 1. The molecular weight excluding hydrogens is 316 g/mol. The van der Waals surface area contributed by atoms with E-state index in [2.05, 4.69) is 54.8 Å². The smallest absolute Gasteiger partial charge is 0.254 e. The van der Waals surface area contributed by atoms with Crippen LogP contribution in [0.5, 0.6) is 0 Å². The van der Waals surface area contributed by atoms with Crippen molar-refractivity contribution in [2.45, 2.75) is 33.2 Å². The van der Waals surface area contributed by atoms with Crippen molar-refractivity contribution >= 4 is 17.2 Å². The summed E-state index contributed by atoms with van der Waals surface area (Å²) in [5, 5.41) is 4.35. The third-order valence-corrected chi connectivity index (χ3v) is 5.66. The molecule has 0 aliphatic carbocycles. The highest BCUT2D eigenvalue weighted by Crippen LogP contribution is 2.25. The van der Waals surface area contributed by atoms with Gasteiger partial charge in [-0.2, -0.15) is 11.3 Å². The van der Waals surface area contributed by atoms with E-state index in [9.17, 15) is 4.79 Å². The van der Waals surface area contributed by atoms with Gasteiger partial charge in [0, 0.05) is 25.2 Å². The average molecular weight is 343 g/mol. The first-order chi connectivity index (χ1) is 11.5. The van der Waals surface area contributed by atoms with Gasteiger partial charge >= 0.3 is 0 Å². The summed E-state index contributed by atoms with van der Waals surface area (Å²) < 4.78 is 0. The number of thiophene rings is 1. The van der Waals surface area contributed by atoms with E-state index >= 15 is 0 Å². The lowest BCUT2D eigenvalue weighted by Gasteiger charge is -2.19. The molecule has 1 aromatic carbocycles. The molecule has 0 radical (unpaired) electrons. The Morgan fingerprint density at radius 1 is 1.21 bits per heavy atom. The van der Waals surface area contributed by atoms with Crippen molar-refractivity contribution in [3.8, 4) is 0 Å². The van der Waals surface area contributed by atoms with Gasteiger partial charge in [0.05, 0.1) is 0 Å². The van der Waals surface area contributed by atoms with Crippen LogP contribution in [-0.2, 0) is 13.0 Å². The lowest BCUT2D eigenvalue weighted by Crippen LogP contribution is -2.29. The molecule has 24 heavy (non-hydrogen) atoms. The molecule has 2 heterocycles. The number of hydrogen-bond donors (Lipinski definition) is 0. The lowest BCUT2D eigenvalue weighted by molar-refractivity contribution is 0.0772. The summed E-state index contributed by atoms with van der Waals surface area (Å²) in [6, 6.07) is 6.43. The molecule has 0 saturated carbocycles. The summed E-state index contributed by atoms with van der Waals surface area (Å²) in [5.41, 5.74) is 5.99. The van der Waals surface area contributed by atoms with Crippen LogP contribution in [0.1, 0.15) is 39.0 Å². The molecule has 4 heteroatoms. The van der Waals surface area contributed by atoms with E-state index in [1.54, 1.807) is 11.3 Å². The van der Waals surface area contributed by atoms with Gasteiger partial charge in [0.15, 0.2) is 0 Å². The largest absolute Gasteiger partial charge is 0.334 e. The van der Waals surface area contributed by atoms with Crippen LogP contribution in [0.25, 0.3) is 0 Å². The lowest BCUT2D eigenvalue weighted by atomic mass is 10.0. The summed E-state index contributed by atoms with van der Waals surface area (Å²) >= 11 is 1.76. The number of amides is 1. The first-order valence-corrected chi connectivity index (χ1v) is 9.58. The van der Waals surface area contributed by atoms with Gasteiger partial charge in [-0.15, -0.1) is 0 Å². The fourth-order valence-corrected chi connectivity index (χ4v) is 3.94. The number of benzene rings is 1. The summed E-state index contributed by atoms with van der Waals surface area (Å²) in [6.45, 7) is 7.91. The van der Waals surface area contributed by atoms with Crippen molar-refractivity contribution in [3.63, 3.8) is 0 Å². The number of carbonyl (C=O) groups excluding carboxylic acids is 1. The van der Waals surface area contributed by atoms with Crippen LogP contribution in [-0.4, -0.2) is 42.4 Å². The second-order valence-electron chi connectivity index (χ2n) is 6.86. The van der Waals surface area contributed by atoms with Crippen LogP contribution in [0.2, 0.25) is 0 Å². The fraction of sp³-hybridized carbons (Fsp3) is 0.450. The topological polar surface area (TPSA) is 23.6 Å². The van der Waals surface area contributed by atoms with Gasteiger partial charge in [-0.3, -0.25) is 4.79 Å². The van der Waals surface area contributed by atoms with E-state index in [1.807, 2.05) is 4.90 Å². The molecule has 3 nitrogen and oxygen atoms in total. The Balaban J connectivity index is 1.45. The normalized spacial score (nSPS) is 13.8. The van der Waals surface area contributed by atoms with E-state index in [1.165, 1.54) is 22.3 Å². The SMILES string of the molecule is Cc1cc2c(cc1C)C(=O)N(CCCN(C)CCc1ccsc1)C2. The van der Waals surface area contributed by atoms with Gasteiger partial charge in [0.2, 0.25) is 0 Å². The molecule has 2 aromatic rings. The van der Waals surface area contributed by atoms with E-state index in [-0.39, 0.29) is 5.91 Å². The molecule has 0 saturated heterocycles. The molecule has 0 unspecified atom stereocenters. The molecule has 128 valence electrons. The second-order valence-corrected chi connectivity index (χ2v) is 7.64. The highest BCUT2D eigenvalue weighted by atomic mass is 32.1. The van der Waals surface area contributed by atoms with Crippen LogP contribution >= 0.6 is 11.3 Å². The minimum atomic E-state index is 0.203. The number of nitrogens with zero attached hydrogens (tertiary/aromatic N) is 2. The van der Waals surface area contributed by atoms with Gasteiger partial charge in [-0.25, -0.2) is 0 Å². The molecule has 0 atom stereocenters. The maximum atomic E-state index is 12.5. The monoisotopic (exact) mass is 342 g/mol. The second kappa shape index (κ2) is 7.49. The van der Waals surface area contributed by atoms with Crippen molar-refractivity contribution in [2.75, 3.05) is 26.7 Å². The predicted molar refractivity (Wildman–Crippen MR) is 101 cm³/mol. The summed E-state index contributed by atoms with van der Waals surface area (Å²) in [7, 11) is 2.17. The Labute approximate surface area is 148 Å². The molecule has 0 fully saturated rings. The third kappa shape index (κ3) is 3.87. The van der Waals surface area contributed by atoms with E-state index in [0.29, 0.717) is 0 Å². The molecule has 0 spiro atoms. The van der Waals surface area contributed by atoms with Gasteiger partial charge in [-0.05, 0) is 85.4 Å². The molecule has 0 bridgehead atoms. The Morgan fingerprint density at radius 3 is 2.75 bits per heavy atom. The van der Waals surface area contributed by atoms with Crippen LogP contribution in [0.4, 0.5) is 0 Å². The molecule has 1 aliphatic heterocycles. The zero-order valence-corrected chi connectivity index (χ0v) is 15.7. The van der Waals surface area contributed by atoms with Crippen LogP contribution < -0.4 is 0 Å². The molecule has 3 rings (SSSR count). The Morgan fingerprint density at radius 2 is 2.00 bits per heavy atom. The minimum absolute atomic E-state index is 0.203. The maximum absolute atomic E-state index is 12.5. The molecular formula is C20H26N2OS. The van der Waals surface area contributed by atoms with Crippen molar-refractivity contribution in [1.29, 1.82) is 0 Å². The first-order valence-electron chi connectivity index (χ1n) is 8.63. The summed E-state index contributed by atoms with van der Waals surface area (Å²) in [6.07, 6.45) is 2.13. The first kappa shape index (κ1) is 17.2. The van der Waals surface area contributed by atoms with Crippen molar-refractivity contribution in [2.24, 2.45) is 0 Å². The average Bonchev–Trinajstić information content (AvgIpc) is 3.16. The number of rotatable bonds is 7.